The molecule has 0 saturated carbocycles. The summed E-state index contributed by atoms with van der Waals surface area (Å²) in [6.07, 6.45) is 0.0861. The number of primary sulfonamides is 1. The molecule has 0 fully saturated rings. The van der Waals surface area contributed by atoms with Crippen molar-refractivity contribution in [1.82, 2.24) is 0 Å². The third-order valence-electron chi connectivity index (χ3n) is 2.93. The summed E-state index contributed by atoms with van der Waals surface area (Å²) in [7, 11) is -4.07. The van der Waals surface area contributed by atoms with Crippen molar-refractivity contribution in [3.63, 3.8) is 0 Å². The molecule has 2 heterocycles. The van der Waals surface area contributed by atoms with Gasteiger partial charge in [-0.3, -0.25) is 4.79 Å². The summed E-state index contributed by atoms with van der Waals surface area (Å²) in [5.74, 6) is -0.296. The van der Waals surface area contributed by atoms with Gasteiger partial charge in [-0.1, -0.05) is 41.7 Å². The number of carbonyl (C=O) groups excluding carboxylic acids is 1. The van der Waals surface area contributed by atoms with Crippen LogP contribution in [0.1, 0.15) is 15.2 Å². The molecular weight excluding hydrogens is 314 g/mol. The average molecular weight is 325 g/mol. The fraction of sp³-hybridized carbons (Fsp3) is 0.154. The lowest BCUT2D eigenvalue weighted by Gasteiger charge is -2.04. The Morgan fingerprint density at radius 2 is 1.95 bits per heavy atom. The zero-order valence-electron chi connectivity index (χ0n) is 10.7. The van der Waals surface area contributed by atoms with Gasteiger partial charge in [-0.15, -0.1) is 0 Å². The smallest absolute Gasteiger partial charge is 0.243 e. The third kappa shape index (κ3) is 2.65. The Bertz CT molecular complexity index is 795. The quantitative estimate of drug-likeness (QED) is 0.860. The average Bonchev–Trinajstić information content (AvgIpc) is 2.97. The van der Waals surface area contributed by atoms with E-state index < -0.39 is 10.0 Å². The molecule has 1 aromatic carbocycles. The Balaban J connectivity index is 2.01. The summed E-state index contributed by atoms with van der Waals surface area (Å²) < 4.78 is 33.7. The molecule has 0 spiro atoms. The number of benzene rings is 1. The van der Waals surface area contributed by atoms with E-state index in [0.717, 1.165) is 16.9 Å². The highest BCUT2D eigenvalue weighted by atomic mass is 32.2. The molecular formula is C13H11NO5S2. The number of rotatable bonds is 4. The lowest BCUT2D eigenvalue weighted by molar-refractivity contribution is 0.0992. The summed E-state index contributed by atoms with van der Waals surface area (Å²) in [4.78, 5) is 12.1. The van der Waals surface area contributed by atoms with E-state index >= 15 is 0 Å². The van der Waals surface area contributed by atoms with Gasteiger partial charge in [0.05, 0.1) is 4.88 Å². The van der Waals surface area contributed by atoms with Crippen molar-refractivity contribution in [1.29, 1.82) is 0 Å². The highest BCUT2D eigenvalue weighted by molar-refractivity contribution is 7.89. The lowest BCUT2D eigenvalue weighted by Crippen LogP contribution is -2.16. The Kier molecular flexibility index (Phi) is 3.44. The Hall–Kier alpha value is -1.90. The Morgan fingerprint density at radius 1 is 1.24 bits per heavy atom. The van der Waals surface area contributed by atoms with Crippen LogP contribution < -0.4 is 14.6 Å². The summed E-state index contributed by atoms with van der Waals surface area (Å²) in [5.41, 5.74) is 0.790. The van der Waals surface area contributed by atoms with Gasteiger partial charge in [0.1, 0.15) is 4.90 Å². The number of sulfonamides is 1. The summed E-state index contributed by atoms with van der Waals surface area (Å²) in [6, 6.07) is 9.05. The normalized spacial score (nSPS) is 13.4. The van der Waals surface area contributed by atoms with E-state index in [2.05, 4.69) is 0 Å². The number of hydrogen-bond donors (Lipinski definition) is 1. The first-order valence-corrected chi connectivity index (χ1v) is 8.35. The number of ether oxygens (including phenoxy) is 2. The van der Waals surface area contributed by atoms with Gasteiger partial charge in [-0.25, -0.2) is 13.6 Å². The van der Waals surface area contributed by atoms with E-state index in [1.807, 2.05) is 18.2 Å². The maximum absolute atomic E-state index is 12.4. The molecule has 6 nitrogen and oxygen atoms in total. The minimum absolute atomic E-state index is 0.0407. The monoisotopic (exact) mass is 325 g/mol. The molecule has 2 aromatic rings. The molecule has 1 aliphatic rings. The lowest BCUT2D eigenvalue weighted by atomic mass is 10.1. The predicted molar refractivity (Wildman–Crippen MR) is 76.3 cm³/mol. The molecule has 1 aliphatic heterocycles. The van der Waals surface area contributed by atoms with Crippen molar-refractivity contribution in [2.75, 3.05) is 6.79 Å². The van der Waals surface area contributed by atoms with Crippen molar-refractivity contribution >= 4 is 27.1 Å². The molecule has 0 amide bonds. The molecule has 21 heavy (non-hydrogen) atoms. The molecule has 1 aromatic heterocycles. The first-order valence-electron chi connectivity index (χ1n) is 5.99. The molecule has 0 unspecified atom stereocenters. The van der Waals surface area contributed by atoms with E-state index in [1.54, 1.807) is 12.1 Å². The number of Topliss-reactive ketones (excluding diaryl/α,β-unsaturated/α-hetero) is 1. The van der Waals surface area contributed by atoms with Crippen molar-refractivity contribution in [3.05, 3.63) is 40.8 Å². The second-order valence-corrected chi connectivity index (χ2v) is 6.90. The maximum Gasteiger partial charge on any atom is 0.243 e. The molecule has 0 atom stereocenters. The van der Waals surface area contributed by atoms with Gasteiger partial charge in [-0.05, 0) is 5.56 Å². The van der Waals surface area contributed by atoms with Crippen LogP contribution in [-0.4, -0.2) is 21.0 Å². The molecule has 110 valence electrons. The first kappa shape index (κ1) is 14.1. The number of hydrogen-bond acceptors (Lipinski definition) is 6. The molecule has 0 saturated heterocycles. The topological polar surface area (TPSA) is 95.7 Å². The summed E-state index contributed by atoms with van der Waals surface area (Å²) in [6.45, 7) is -0.0726. The van der Waals surface area contributed by atoms with Gasteiger partial charge in [0.25, 0.3) is 0 Å². The first-order chi connectivity index (χ1) is 9.97. The van der Waals surface area contributed by atoms with Crippen LogP contribution in [0.3, 0.4) is 0 Å². The van der Waals surface area contributed by atoms with Crippen LogP contribution in [0.5, 0.6) is 10.8 Å². The van der Waals surface area contributed by atoms with Crippen LogP contribution in [-0.2, 0) is 16.4 Å². The summed E-state index contributed by atoms with van der Waals surface area (Å²) in [5, 5.41) is 5.47. The number of fused-ring (bicyclic) bond motifs is 1. The van der Waals surface area contributed by atoms with E-state index in [0.29, 0.717) is 0 Å². The van der Waals surface area contributed by atoms with Crippen LogP contribution >= 0.6 is 11.3 Å². The second-order valence-electron chi connectivity index (χ2n) is 4.41. The summed E-state index contributed by atoms with van der Waals surface area (Å²) >= 11 is 0.947. The van der Waals surface area contributed by atoms with Crippen LogP contribution in [0.4, 0.5) is 0 Å². The maximum atomic E-state index is 12.4. The largest absolute Gasteiger partial charge is 0.451 e. The minimum atomic E-state index is -4.07. The molecule has 0 aliphatic carbocycles. The van der Waals surface area contributed by atoms with Gasteiger partial charge >= 0.3 is 0 Å². The van der Waals surface area contributed by atoms with Crippen LogP contribution in [0.2, 0.25) is 0 Å². The number of nitrogens with two attached hydrogens (primary N) is 1. The molecule has 3 rings (SSSR count). The minimum Gasteiger partial charge on any atom is -0.451 e. The third-order valence-corrected chi connectivity index (χ3v) is 5.14. The highest BCUT2D eigenvalue weighted by Crippen LogP contribution is 2.47. The SMILES string of the molecule is NS(=O)(=O)c1c(C(=O)Cc2ccccc2)sc2c1OCO2. The zero-order chi connectivity index (χ0) is 15.0. The zero-order valence-corrected chi connectivity index (χ0v) is 12.4. The van der Waals surface area contributed by atoms with Gasteiger partial charge in [-0.2, -0.15) is 0 Å². The van der Waals surface area contributed by atoms with Gasteiger partial charge < -0.3 is 9.47 Å². The van der Waals surface area contributed by atoms with E-state index in [1.165, 1.54) is 0 Å². The number of thiophene rings is 1. The molecule has 0 radical (unpaired) electrons. The van der Waals surface area contributed by atoms with Gasteiger partial charge in [0.15, 0.2) is 11.5 Å². The second kappa shape index (κ2) is 5.14. The van der Waals surface area contributed by atoms with Crippen LogP contribution in [0.15, 0.2) is 35.2 Å². The van der Waals surface area contributed by atoms with Crippen molar-refractivity contribution in [2.24, 2.45) is 5.14 Å². The van der Waals surface area contributed by atoms with Gasteiger partial charge in [0.2, 0.25) is 21.9 Å². The predicted octanol–water partition coefficient (Wildman–Crippen LogP) is 1.55. The van der Waals surface area contributed by atoms with Crippen molar-refractivity contribution in [3.8, 4) is 10.8 Å². The Labute approximate surface area is 125 Å². The number of ketones is 1. The van der Waals surface area contributed by atoms with E-state index in [4.69, 9.17) is 14.6 Å². The fourth-order valence-corrected chi connectivity index (χ4v) is 4.28. The fourth-order valence-electron chi connectivity index (χ4n) is 2.05. The van der Waals surface area contributed by atoms with Crippen molar-refractivity contribution < 1.29 is 22.7 Å². The molecule has 2 N–H and O–H groups in total. The van der Waals surface area contributed by atoms with E-state index in [9.17, 15) is 13.2 Å². The number of carbonyl (C=O) groups is 1. The highest BCUT2D eigenvalue weighted by Gasteiger charge is 2.34. The Morgan fingerprint density at radius 3 is 2.62 bits per heavy atom. The van der Waals surface area contributed by atoms with E-state index in [-0.39, 0.29) is 39.6 Å². The van der Waals surface area contributed by atoms with Crippen LogP contribution in [0.25, 0.3) is 0 Å². The van der Waals surface area contributed by atoms with Crippen molar-refractivity contribution in [2.45, 2.75) is 11.3 Å². The molecule has 8 heteroatoms. The standard InChI is InChI=1S/C13H11NO5S2/c14-21(16,17)12-10-13(19-7-18-10)20-11(12)9(15)6-8-4-2-1-3-5-8/h1-5H,6-7H2,(H2,14,16,17). The molecule has 0 bridgehead atoms. The van der Waals surface area contributed by atoms with Crippen LogP contribution in [0, 0.1) is 0 Å². The van der Waals surface area contributed by atoms with Gasteiger partial charge in [0, 0.05) is 6.42 Å².